The zero-order valence-electron chi connectivity index (χ0n) is 17.1. The summed E-state index contributed by atoms with van der Waals surface area (Å²) in [6.45, 7) is 6.20. The minimum atomic E-state index is -0.109. The molecule has 3 aromatic rings. The third-order valence-corrected chi connectivity index (χ3v) is 6.81. The van der Waals surface area contributed by atoms with E-state index in [1.807, 2.05) is 37.3 Å². The maximum Gasteiger partial charge on any atom is 0.264 e. The quantitative estimate of drug-likeness (QED) is 0.471. The third kappa shape index (κ3) is 4.86. The van der Waals surface area contributed by atoms with Crippen molar-refractivity contribution in [3.8, 4) is 0 Å². The number of benzene rings is 3. The van der Waals surface area contributed by atoms with Crippen molar-refractivity contribution in [2.24, 2.45) is 4.99 Å². The van der Waals surface area contributed by atoms with E-state index in [0.717, 1.165) is 16.8 Å². The highest BCUT2D eigenvalue weighted by Crippen LogP contribution is 2.31. The van der Waals surface area contributed by atoms with Crippen LogP contribution >= 0.6 is 23.5 Å². The zero-order valence-corrected chi connectivity index (χ0v) is 18.7. The van der Waals surface area contributed by atoms with Crippen LogP contribution in [-0.2, 0) is 4.79 Å². The van der Waals surface area contributed by atoms with E-state index in [0.29, 0.717) is 10.1 Å². The molecule has 3 nitrogen and oxygen atoms in total. The molecule has 0 bridgehead atoms. The number of aliphatic imine (C=N–C) groups is 1. The molecule has 150 valence electrons. The van der Waals surface area contributed by atoms with E-state index in [2.05, 4.69) is 66.6 Å². The molecule has 1 aliphatic heterocycles. The van der Waals surface area contributed by atoms with Crippen LogP contribution in [0.1, 0.15) is 22.3 Å². The highest BCUT2D eigenvalue weighted by atomic mass is 32.2. The lowest BCUT2D eigenvalue weighted by atomic mass is 10.1. The summed E-state index contributed by atoms with van der Waals surface area (Å²) in [5, 5.41) is 3.49. The van der Waals surface area contributed by atoms with E-state index in [1.54, 1.807) is 11.8 Å². The Hall–Kier alpha value is -2.76. The molecule has 30 heavy (non-hydrogen) atoms. The molecular formula is C25H22N2OS2. The number of thioether (sulfide) groups is 1. The van der Waals surface area contributed by atoms with Crippen LogP contribution in [0.2, 0.25) is 0 Å². The summed E-state index contributed by atoms with van der Waals surface area (Å²) in [5.74, 6) is -0.109. The van der Waals surface area contributed by atoms with Crippen molar-refractivity contribution in [3.63, 3.8) is 0 Å². The first-order valence-electron chi connectivity index (χ1n) is 9.68. The molecule has 3 aromatic carbocycles. The molecule has 0 radical (unpaired) electrons. The van der Waals surface area contributed by atoms with E-state index < -0.39 is 0 Å². The fourth-order valence-electron chi connectivity index (χ4n) is 2.97. The SMILES string of the molecule is Cc1ccc(Sc2ccc(/C=C3\SC(=Nc4cccc(C)c4C)NC3=O)cc2)cc1. The van der Waals surface area contributed by atoms with Crippen LogP contribution in [0.5, 0.6) is 0 Å². The van der Waals surface area contributed by atoms with Gasteiger partial charge in [-0.2, -0.15) is 0 Å². The van der Waals surface area contributed by atoms with Crippen molar-refractivity contribution in [1.82, 2.24) is 5.32 Å². The van der Waals surface area contributed by atoms with Crippen LogP contribution in [0.3, 0.4) is 0 Å². The molecule has 1 amide bonds. The van der Waals surface area contributed by atoms with Gasteiger partial charge in [-0.15, -0.1) is 0 Å². The maximum absolute atomic E-state index is 12.4. The predicted molar refractivity (Wildman–Crippen MR) is 128 cm³/mol. The number of rotatable bonds is 4. The summed E-state index contributed by atoms with van der Waals surface area (Å²) in [5.41, 5.74) is 5.45. The Morgan fingerprint density at radius 1 is 0.900 bits per heavy atom. The molecule has 5 heteroatoms. The minimum absolute atomic E-state index is 0.109. The Kier molecular flexibility index (Phi) is 6.11. The molecule has 1 saturated heterocycles. The fraction of sp³-hybridized carbons (Fsp3) is 0.120. The number of carbonyl (C=O) groups excluding carboxylic acids is 1. The summed E-state index contributed by atoms with van der Waals surface area (Å²) < 4.78 is 0. The second-order valence-corrected chi connectivity index (χ2v) is 9.36. The molecule has 0 aromatic heterocycles. The van der Waals surface area contributed by atoms with Crippen LogP contribution in [-0.4, -0.2) is 11.1 Å². The standard InChI is InChI=1S/C25H22N2OS2/c1-16-7-11-20(12-8-16)29-21-13-9-19(10-14-21)15-23-24(28)27-25(30-23)26-22-6-4-5-17(2)18(22)3/h4-15H,1-3H3,(H,26,27,28)/b23-15-. The molecule has 0 unspecified atom stereocenters. The number of carbonyl (C=O) groups is 1. The summed E-state index contributed by atoms with van der Waals surface area (Å²) in [4.78, 5) is 20.0. The fourth-order valence-corrected chi connectivity index (χ4v) is 4.62. The molecule has 1 aliphatic rings. The molecule has 0 spiro atoms. The topological polar surface area (TPSA) is 41.5 Å². The van der Waals surface area contributed by atoms with Gasteiger partial charge in [0.2, 0.25) is 0 Å². The van der Waals surface area contributed by atoms with Crippen molar-refractivity contribution in [2.45, 2.75) is 30.6 Å². The van der Waals surface area contributed by atoms with E-state index in [9.17, 15) is 4.79 Å². The van der Waals surface area contributed by atoms with Gasteiger partial charge in [-0.1, -0.05) is 53.7 Å². The highest BCUT2D eigenvalue weighted by molar-refractivity contribution is 8.18. The van der Waals surface area contributed by atoms with E-state index >= 15 is 0 Å². The molecule has 1 heterocycles. The highest BCUT2D eigenvalue weighted by Gasteiger charge is 2.24. The normalized spacial score (nSPS) is 16.3. The average molecular weight is 431 g/mol. The van der Waals surface area contributed by atoms with Gasteiger partial charge >= 0.3 is 0 Å². The van der Waals surface area contributed by atoms with Gasteiger partial charge in [-0.05, 0) is 85.6 Å². The predicted octanol–water partition coefficient (Wildman–Crippen LogP) is 6.65. The van der Waals surface area contributed by atoms with Gasteiger partial charge in [0.25, 0.3) is 5.91 Å². The van der Waals surface area contributed by atoms with Crippen molar-refractivity contribution in [3.05, 3.63) is 93.9 Å². The zero-order chi connectivity index (χ0) is 21.1. The van der Waals surface area contributed by atoms with Gasteiger partial charge < -0.3 is 5.32 Å². The average Bonchev–Trinajstić information content (AvgIpc) is 3.07. The van der Waals surface area contributed by atoms with Gasteiger partial charge in [-0.25, -0.2) is 4.99 Å². The summed E-state index contributed by atoms with van der Waals surface area (Å²) in [7, 11) is 0. The molecule has 0 saturated carbocycles. The van der Waals surface area contributed by atoms with Gasteiger partial charge in [0, 0.05) is 9.79 Å². The van der Waals surface area contributed by atoms with Crippen LogP contribution in [0.15, 0.2) is 86.4 Å². The van der Waals surface area contributed by atoms with Crippen molar-refractivity contribution < 1.29 is 4.79 Å². The van der Waals surface area contributed by atoms with Crippen LogP contribution in [0.25, 0.3) is 6.08 Å². The number of amidine groups is 1. The van der Waals surface area contributed by atoms with Gasteiger partial charge in [-0.3, -0.25) is 4.79 Å². The monoisotopic (exact) mass is 430 g/mol. The lowest BCUT2D eigenvalue weighted by Crippen LogP contribution is -2.19. The largest absolute Gasteiger partial charge is 0.300 e. The Morgan fingerprint density at radius 3 is 2.27 bits per heavy atom. The van der Waals surface area contributed by atoms with Crippen LogP contribution in [0, 0.1) is 20.8 Å². The number of nitrogens with zero attached hydrogens (tertiary/aromatic N) is 1. The Bertz CT molecular complexity index is 1150. The van der Waals surface area contributed by atoms with Crippen LogP contribution < -0.4 is 5.32 Å². The minimum Gasteiger partial charge on any atom is -0.300 e. The molecule has 4 rings (SSSR count). The summed E-state index contributed by atoms with van der Waals surface area (Å²) in [6, 6.07) is 22.8. The van der Waals surface area contributed by atoms with Gasteiger partial charge in [0.05, 0.1) is 10.6 Å². The first-order chi connectivity index (χ1) is 14.5. The van der Waals surface area contributed by atoms with E-state index in [1.165, 1.54) is 32.7 Å². The molecular weight excluding hydrogens is 408 g/mol. The Labute approximate surface area is 185 Å². The second kappa shape index (κ2) is 8.94. The summed E-state index contributed by atoms with van der Waals surface area (Å²) in [6.07, 6.45) is 1.91. The molecule has 1 N–H and O–H groups in total. The van der Waals surface area contributed by atoms with E-state index in [-0.39, 0.29) is 5.91 Å². The van der Waals surface area contributed by atoms with Crippen molar-refractivity contribution in [1.29, 1.82) is 0 Å². The van der Waals surface area contributed by atoms with Gasteiger partial charge in [0.15, 0.2) is 5.17 Å². The molecule has 1 fully saturated rings. The first-order valence-corrected chi connectivity index (χ1v) is 11.3. The number of nitrogens with one attached hydrogen (secondary N) is 1. The smallest absolute Gasteiger partial charge is 0.264 e. The van der Waals surface area contributed by atoms with Crippen molar-refractivity contribution >= 4 is 46.4 Å². The number of hydrogen-bond donors (Lipinski definition) is 1. The van der Waals surface area contributed by atoms with Gasteiger partial charge in [0.1, 0.15) is 0 Å². The Morgan fingerprint density at radius 2 is 1.57 bits per heavy atom. The first kappa shape index (κ1) is 20.5. The lowest BCUT2D eigenvalue weighted by molar-refractivity contribution is -0.115. The van der Waals surface area contributed by atoms with Crippen LogP contribution in [0.4, 0.5) is 5.69 Å². The summed E-state index contributed by atoms with van der Waals surface area (Å²) >= 11 is 3.10. The lowest BCUT2D eigenvalue weighted by Gasteiger charge is -2.04. The Balaban J connectivity index is 1.48. The third-order valence-electron chi connectivity index (χ3n) is 4.88. The number of aryl methyl sites for hydroxylation is 2. The molecule has 0 atom stereocenters. The maximum atomic E-state index is 12.4. The number of hydrogen-bond acceptors (Lipinski definition) is 4. The second-order valence-electron chi connectivity index (χ2n) is 7.18. The van der Waals surface area contributed by atoms with E-state index in [4.69, 9.17) is 0 Å². The molecule has 0 aliphatic carbocycles. The van der Waals surface area contributed by atoms with Crippen molar-refractivity contribution in [2.75, 3.05) is 0 Å². The number of amides is 1.